The zero-order chi connectivity index (χ0) is 14.6. The highest BCUT2D eigenvalue weighted by atomic mass is 79.9. The van der Waals surface area contributed by atoms with Gasteiger partial charge in [0, 0.05) is 16.4 Å². The van der Waals surface area contributed by atoms with Crippen molar-refractivity contribution < 1.29 is 10.0 Å². The predicted octanol–water partition coefficient (Wildman–Crippen LogP) is 2.26. The Morgan fingerprint density at radius 1 is 1.53 bits per heavy atom. The molecule has 0 heterocycles. The Morgan fingerprint density at radius 3 is 2.74 bits per heavy atom. The number of nitrogens with two attached hydrogens (primary N) is 1. The lowest BCUT2D eigenvalue weighted by atomic mass is 9.92. The molecule has 0 atom stereocenters. The van der Waals surface area contributed by atoms with E-state index in [1.165, 1.54) is 0 Å². The van der Waals surface area contributed by atoms with E-state index >= 15 is 0 Å². The Bertz CT molecular complexity index is 513. The fourth-order valence-corrected chi connectivity index (χ4v) is 1.86. The number of aryl methyl sites for hydroxylation is 1. The molecule has 104 valence electrons. The van der Waals surface area contributed by atoms with E-state index < -0.39 is 5.41 Å². The number of carbonyl (C=O) groups is 1. The summed E-state index contributed by atoms with van der Waals surface area (Å²) >= 11 is 3.34. The molecule has 0 unspecified atom stereocenters. The van der Waals surface area contributed by atoms with E-state index in [0.717, 1.165) is 10.0 Å². The molecule has 1 aromatic carbocycles. The van der Waals surface area contributed by atoms with Crippen LogP contribution in [0.3, 0.4) is 0 Å². The number of amidine groups is 1. The van der Waals surface area contributed by atoms with Crippen LogP contribution in [0.5, 0.6) is 0 Å². The number of nitrogens with zero attached hydrogens (tertiary/aromatic N) is 1. The Kier molecular flexibility index (Phi) is 4.94. The van der Waals surface area contributed by atoms with Gasteiger partial charge in [-0.05, 0) is 35.0 Å². The average molecular weight is 328 g/mol. The van der Waals surface area contributed by atoms with Crippen LogP contribution in [-0.2, 0) is 0 Å². The molecule has 4 N–H and O–H groups in total. The highest BCUT2D eigenvalue weighted by Crippen LogP contribution is 2.19. The van der Waals surface area contributed by atoms with Crippen LogP contribution in [0.1, 0.15) is 29.8 Å². The topological polar surface area (TPSA) is 87.7 Å². The first-order valence-corrected chi connectivity index (χ1v) is 6.59. The third-order valence-electron chi connectivity index (χ3n) is 2.86. The van der Waals surface area contributed by atoms with Gasteiger partial charge in [-0.2, -0.15) is 0 Å². The van der Waals surface area contributed by atoms with Gasteiger partial charge in [0.25, 0.3) is 5.91 Å². The van der Waals surface area contributed by atoms with Gasteiger partial charge in [0.2, 0.25) is 0 Å². The molecule has 0 saturated heterocycles. The second-order valence-electron chi connectivity index (χ2n) is 5.04. The summed E-state index contributed by atoms with van der Waals surface area (Å²) < 4.78 is 0.734. The van der Waals surface area contributed by atoms with Crippen LogP contribution in [0.2, 0.25) is 0 Å². The SMILES string of the molecule is Cc1ccc(Br)c(C(=O)NCC(C)(C)/C(N)=N/O)c1. The molecule has 0 saturated carbocycles. The van der Waals surface area contributed by atoms with Crippen LogP contribution in [0.25, 0.3) is 0 Å². The molecule has 6 heteroatoms. The summed E-state index contributed by atoms with van der Waals surface area (Å²) in [7, 11) is 0. The van der Waals surface area contributed by atoms with Crippen molar-refractivity contribution in [2.24, 2.45) is 16.3 Å². The molecule has 0 aromatic heterocycles. The lowest BCUT2D eigenvalue weighted by molar-refractivity contribution is 0.0943. The summed E-state index contributed by atoms with van der Waals surface area (Å²) in [6.07, 6.45) is 0. The maximum absolute atomic E-state index is 12.1. The molecular weight excluding hydrogens is 310 g/mol. The van der Waals surface area contributed by atoms with Crippen molar-refractivity contribution in [3.8, 4) is 0 Å². The second kappa shape index (κ2) is 6.06. The first kappa shape index (κ1) is 15.5. The van der Waals surface area contributed by atoms with Crippen molar-refractivity contribution in [3.63, 3.8) is 0 Å². The molecule has 0 aliphatic rings. The van der Waals surface area contributed by atoms with Gasteiger partial charge in [0.05, 0.1) is 5.56 Å². The minimum Gasteiger partial charge on any atom is -0.409 e. The van der Waals surface area contributed by atoms with E-state index in [4.69, 9.17) is 10.9 Å². The molecule has 5 nitrogen and oxygen atoms in total. The molecule has 1 rings (SSSR count). The van der Waals surface area contributed by atoms with Crippen molar-refractivity contribution in [3.05, 3.63) is 33.8 Å². The summed E-state index contributed by atoms with van der Waals surface area (Å²) in [6, 6.07) is 5.55. The predicted molar refractivity (Wildman–Crippen MR) is 78.4 cm³/mol. The van der Waals surface area contributed by atoms with Crippen molar-refractivity contribution >= 4 is 27.7 Å². The van der Waals surface area contributed by atoms with Crippen molar-refractivity contribution in [2.45, 2.75) is 20.8 Å². The van der Waals surface area contributed by atoms with Gasteiger partial charge in [-0.1, -0.05) is 30.6 Å². The van der Waals surface area contributed by atoms with Gasteiger partial charge in [-0.15, -0.1) is 0 Å². The fourth-order valence-electron chi connectivity index (χ4n) is 1.44. The number of benzene rings is 1. The highest BCUT2D eigenvalue weighted by molar-refractivity contribution is 9.10. The lowest BCUT2D eigenvalue weighted by Crippen LogP contribution is -2.42. The standard InChI is InChI=1S/C13H18BrN3O2/c1-8-4-5-10(14)9(6-8)11(18)16-7-13(2,3)12(15)17-19/h4-6,19H,7H2,1-3H3,(H2,15,17)(H,16,18). The van der Waals surface area contributed by atoms with Gasteiger partial charge in [0.15, 0.2) is 0 Å². The molecule has 0 aliphatic heterocycles. The smallest absolute Gasteiger partial charge is 0.252 e. The highest BCUT2D eigenvalue weighted by Gasteiger charge is 2.24. The molecule has 0 fully saturated rings. The number of hydrogen-bond acceptors (Lipinski definition) is 3. The van der Waals surface area contributed by atoms with E-state index in [0.29, 0.717) is 5.56 Å². The molecule has 0 aliphatic carbocycles. The van der Waals surface area contributed by atoms with Crippen LogP contribution in [-0.4, -0.2) is 23.5 Å². The molecular formula is C13H18BrN3O2. The first-order chi connectivity index (χ1) is 8.77. The number of rotatable bonds is 4. The van der Waals surface area contributed by atoms with E-state index in [9.17, 15) is 4.79 Å². The second-order valence-corrected chi connectivity index (χ2v) is 5.89. The van der Waals surface area contributed by atoms with Gasteiger partial charge < -0.3 is 16.3 Å². The largest absolute Gasteiger partial charge is 0.409 e. The maximum atomic E-state index is 12.1. The zero-order valence-electron chi connectivity index (χ0n) is 11.2. The van der Waals surface area contributed by atoms with Crippen LogP contribution < -0.4 is 11.1 Å². The fraction of sp³-hybridized carbons (Fsp3) is 0.385. The Morgan fingerprint density at radius 2 is 2.16 bits per heavy atom. The lowest BCUT2D eigenvalue weighted by Gasteiger charge is -2.23. The monoisotopic (exact) mass is 327 g/mol. The number of nitrogens with one attached hydrogen (secondary N) is 1. The van der Waals surface area contributed by atoms with Crippen LogP contribution in [0, 0.1) is 12.3 Å². The van der Waals surface area contributed by atoms with Crippen molar-refractivity contribution in [1.82, 2.24) is 5.32 Å². The maximum Gasteiger partial charge on any atom is 0.252 e. The van der Waals surface area contributed by atoms with Crippen molar-refractivity contribution in [1.29, 1.82) is 0 Å². The molecule has 1 aromatic rings. The minimum absolute atomic E-state index is 0.0797. The third kappa shape index (κ3) is 3.96. The van der Waals surface area contributed by atoms with Crippen LogP contribution in [0.15, 0.2) is 27.8 Å². The normalized spacial score (nSPS) is 12.3. The van der Waals surface area contributed by atoms with E-state index in [1.807, 2.05) is 19.1 Å². The van der Waals surface area contributed by atoms with Crippen LogP contribution in [0.4, 0.5) is 0 Å². The Labute approximate surface area is 121 Å². The van der Waals surface area contributed by atoms with E-state index in [-0.39, 0.29) is 18.3 Å². The van der Waals surface area contributed by atoms with Crippen molar-refractivity contribution in [2.75, 3.05) is 6.54 Å². The molecule has 19 heavy (non-hydrogen) atoms. The van der Waals surface area contributed by atoms with Gasteiger partial charge in [-0.25, -0.2) is 0 Å². The van der Waals surface area contributed by atoms with Gasteiger partial charge in [-0.3, -0.25) is 4.79 Å². The molecule has 0 spiro atoms. The number of hydrogen-bond donors (Lipinski definition) is 3. The molecule has 1 amide bonds. The summed E-state index contributed by atoms with van der Waals surface area (Å²) in [5, 5.41) is 14.4. The first-order valence-electron chi connectivity index (χ1n) is 5.80. The third-order valence-corrected chi connectivity index (χ3v) is 3.55. The summed E-state index contributed by atoms with van der Waals surface area (Å²) in [5.41, 5.74) is 6.53. The van der Waals surface area contributed by atoms with Gasteiger partial charge >= 0.3 is 0 Å². The van der Waals surface area contributed by atoms with E-state index in [2.05, 4.69) is 26.4 Å². The number of oxime groups is 1. The zero-order valence-corrected chi connectivity index (χ0v) is 12.8. The molecule has 0 bridgehead atoms. The Hall–Kier alpha value is -1.56. The summed E-state index contributed by atoms with van der Waals surface area (Å²) in [4.78, 5) is 12.1. The summed E-state index contributed by atoms with van der Waals surface area (Å²) in [6.45, 7) is 5.77. The van der Waals surface area contributed by atoms with E-state index in [1.54, 1.807) is 19.9 Å². The summed E-state index contributed by atoms with van der Waals surface area (Å²) in [5.74, 6) is -0.120. The number of carbonyl (C=O) groups excluding carboxylic acids is 1. The number of halogens is 1. The minimum atomic E-state index is -0.610. The Balaban J connectivity index is 2.79. The van der Waals surface area contributed by atoms with Crippen LogP contribution >= 0.6 is 15.9 Å². The molecule has 0 radical (unpaired) electrons. The number of amides is 1. The average Bonchev–Trinajstić information content (AvgIpc) is 2.37. The van der Waals surface area contributed by atoms with Gasteiger partial charge in [0.1, 0.15) is 5.84 Å². The quantitative estimate of drug-likeness (QED) is 0.343.